The summed E-state index contributed by atoms with van der Waals surface area (Å²) in [5, 5.41) is 4.12. The van der Waals surface area contributed by atoms with Crippen LogP contribution >= 0.6 is 11.8 Å². The molecule has 7 heteroatoms. The topological polar surface area (TPSA) is 18.5 Å². The van der Waals surface area contributed by atoms with Gasteiger partial charge in [-0.05, 0) is 25.9 Å². The predicted octanol–water partition coefficient (Wildman–Crippen LogP) is 1.65. The van der Waals surface area contributed by atoms with E-state index in [0.717, 1.165) is 43.7 Å². The van der Waals surface area contributed by atoms with Crippen LogP contribution in [-0.2, 0) is 0 Å². The van der Waals surface area contributed by atoms with Crippen molar-refractivity contribution in [3.05, 3.63) is 0 Å². The number of piperidine rings is 1. The van der Waals surface area contributed by atoms with Gasteiger partial charge in [0.1, 0.15) is 0 Å². The summed E-state index contributed by atoms with van der Waals surface area (Å²) in [4.78, 5) is 3.80. The van der Waals surface area contributed by atoms with Crippen molar-refractivity contribution in [3.8, 4) is 0 Å². The molecule has 0 saturated carbocycles. The Morgan fingerprint density at radius 2 is 1.60 bits per heavy atom. The predicted molar refractivity (Wildman–Crippen MR) is 77.3 cm³/mol. The third-order valence-corrected chi connectivity index (χ3v) is 5.28. The van der Waals surface area contributed by atoms with E-state index in [4.69, 9.17) is 0 Å². The lowest BCUT2D eigenvalue weighted by Crippen LogP contribution is -2.49. The number of halogens is 3. The van der Waals surface area contributed by atoms with Gasteiger partial charge in [-0.1, -0.05) is 0 Å². The van der Waals surface area contributed by atoms with Crippen molar-refractivity contribution in [1.29, 1.82) is 0 Å². The molecule has 0 radical (unpaired) electrons. The minimum Gasteiger partial charge on any atom is -0.317 e. The summed E-state index contributed by atoms with van der Waals surface area (Å²) < 4.78 is 36.8. The van der Waals surface area contributed by atoms with E-state index in [0.29, 0.717) is 13.1 Å². The van der Waals surface area contributed by atoms with E-state index in [9.17, 15) is 13.2 Å². The van der Waals surface area contributed by atoms with E-state index in [1.807, 2.05) is 11.8 Å². The highest BCUT2D eigenvalue weighted by Gasteiger charge is 2.32. The molecule has 0 bridgehead atoms. The Morgan fingerprint density at radius 1 is 1.00 bits per heavy atom. The van der Waals surface area contributed by atoms with Gasteiger partial charge in [-0.2, -0.15) is 24.9 Å². The maximum absolute atomic E-state index is 12.3. The third kappa shape index (κ3) is 6.20. The highest BCUT2D eigenvalue weighted by molar-refractivity contribution is 7.99. The fourth-order valence-corrected chi connectivity index (χ4v) is 4.00. The van der Waals surface area contributed by atoms with Gasteiger partial charge in [0.05, 0.1) is 6.54 Å². The van der Waals surface area contributed by atoms with Crippen molar-refractivity contribution in [2.75, 3.05) is 58.1 Å². The van der Waals surface area contributed by atoms with Gasteiger partial charge in [0.15, 0.2) is 0 Å². The van der Waals surface area contributed by atoms with E-state index in [2.05, 4.69) is 10.2 Å². The van der Waals surface area contributed by atoms with Gasteiger partial charge in [0.2, 0.25) is 0 Å². The monoisotopic (exact) mass is 311 g/mol. The lowest BCUT2D eigenvalue weighted by atomic mass is 10.2. The van der Waals surface area contributed by atoms with Gasteiger partial charge < -0.3 is 5.32 Å². The van der Waals surface area contributed by atoms with Gasteiger partial charge in [0.25, 0.3) is 0 Å². The van der Waals surface area contributed by atoms with Crippen molar-refractivity contribution in [2.24, 2.45) is 0 Å². The standard InChI is InChI=1S/C13H24F3N3S/c14-13(15,16)11-19-7-5-18(6-8-19)9-10-20-12-1-3-17-4-2-12/h12,17H,1-11H2. The van der Waals surface area contributed by atoms with Gasteiger partial charge in [0, 0.05) is 43.7 Å². The van der Waals surface area contributed by atoms with E-state index in [1.54, 1.807) is 0 Å². The second-order valence-corrected chi connectivity index (χ2v) is 6.96. The van der Waals surface area contributed by atoms with E-state index >= 15 is 0 Å². The number of thioether (sulfide) groups is 1. The molecule has 2 aliphatic rings. The first-order valence-electron chi connectivity index (χ1n) is 7.37. The minimum atomic E-state index is -4.06. The molecule has 0 aliphatic carbocycles. The highest BCUT2D eigenvalue weighted by atomic mass is 32.2. The third-order valence-electron chi connectivity index (χ3n) is 3.92. The van der Waals surface area contributed by atoms with Crippen molar-refractivity contribution in [1.82, 2.24) is 15.1 Å². The molecular weight excluding hydrogens is 287 g/mol. The summed E-state index contributed by atoms with van der Waals surface area (Å²) in [7, 11) is 0. The Hall–Kier alpha value is 0.0200. The maximum atomic E-state index is 12.3. The fourth-order valence-electron chi connectivity index (χ4n) is 2.74. The molecule has 2 heterocycles. The highest BCUT2D eigenvalue weighted by Crippen LogP contribution is 2.21. The van der Waals surface area contributed by atoms with Crippen LogP contribution in [0.25, 0.3) is 0 Å². The maximum Gasteiger partial charge on any atom is 0.401 e. The minimum absolute atomic E-state index is 0.539. The molecule has 20 heavy (non-hydrogen) atoms. The van der Waals surface area contributed by atoms with Crippen LogP contribution in [-0.4, -0.2) is 79.3 Å². The SMILES string of the molecule is FC(F)(F)CN1CCN(CCSC2CCNCC2)CC1. The van der Waals surface area contributed by atoms with Crippen LogP contribution in [0.3, 0.4) is 0 Å². The van der Waals surface area contributed by atoms with Crippen LogP contribution in [0.1, 0.15) is 12.8 Å². The van der Waals surface area contributed by atoms with E-state index in [-0.39, 0.29) is 0 Å². The summed E-state index contributed by atoms with van der Waals surface area (Å²) in [5.41, 5.74) is 0. The number of piperazine rings is 1. The Bertz CT molecular complexity index is 275. The molecule has 0 aromatic heterocycles. The molecule has 0 atom stereocenters. The van der Waals surface area contributed by atoms with E-state index < -0.39 is 12.7 Å². The van der Waals surface area contributed by atoms with Crippen molar-refractivity contribution >= 4 is 11.8 Å². The number of nitrogens with zero attached hydrogens (tertiary/aromatic N) is 2. The first-order chi connectivity index (χ1) is 9.53. The summed E-state index contributed by atoms with van der Waals surface area (Å²) >= 11 is 2.03. The molecular formula is C13H24F3N3S. The average Bonchev–Trinajstić information content (AvgIpc) is 2.40. The van der Waals surface area contributed by atoms with Crippen LogP contribution < -0.4 is 5.32 Å². The van der Waals surface area contributed by atoms with Crippen LogP contribution in [0, 0.1) is 0 Å². The fraction of sp³-hybridized carbons (Fsp3) is 1.00. The number of alkyl halides is 3. The molecule has 2 fully saturated rings. The van der Waals surface area contributed by atoms with Gasteiger partial charge in [-0.25, -0.2) is 0 Å². The lowest BCUT2D eigenvalue weighted by molar-refractivity contribution is -0.149. The largest absolute Gasteiger partial charge is 0.401 e. The Morgan fingerprint density at radius 3 is 2.20 bits per heavy atom. The first-order valence-corrected chi connectivity index (χ1v) is 8.41. The van der Waals surface area contributed by atoms with Crippen LogP contribution in [0.4, 0.5) is 13.2 Å². The molecule has 1 N–H and O–H groups in total. The normalized spacial score (nSPS) is 24.1. The van der Waals surface area contributed by atoms with Gasteiger partial charge in [-0.3, -0.25) is 9.80 Å². The van der Waals surface area contributed by atoms with E-state index in [1.165, 1.54) is 17.7 Å². The smallest absolute Gasteiger partial charge is 0.317 e. The first kappa shape index (κ1) is 16.4. The molecule has 2 aliphatic heterocycles. The number of rotatable bonds is 5. The Balaban J connectivity index is 1.55. The molecule has 0 aromatic carbocycles. The molecule has 2 rings (SSSR count). The number of hydrogen-bond donors (Lipinski definition) is 1. The summed E-state index contributed by atoms with van der Waals surface area (Å²) in [6.07, 6.45) is -1.58. The summed E-state index contributed by atoms with van der Waals surface area (Å²) in [5.74, 6) is 1.10. The molecule has 2 saturated heterocycles. The Kier molecular flexibility index (Phi) is 6.45. The van der Waals surface area contributed by atoms with Gasteiger partial charge in [-0.15, -0.1) is 0 Å². The Labute approximate surface area is 123 Å². The van der Waals surface area contributed by atoms with Crippen molar-refractivity contribution in [3.63, 3.8) is 0 Å². The van der Waals surface area contributed by atoms with Crippen LogP contribution in [0.2, 0.25) is 0 Å². The number of hydrogen-bond acceptors (Lipinski definition) is 4. The summed E-state index contributed by atoms with van der Waals surface area (Å²) in [6, 6.07) is 0. The van der Waals surface area contributed by atoms with Crippen molar-refractivity contribution in [2.45, 2.75) is 24.3 Å². The average molecular weight is 311 g/mol. The van der Waals surface area contributed by atoms with Crippen LogP contribution in [0.15, 0.2) is 0 Å². The second kappa shape index (κ2) is 7.87. The molecule has 118 valence electrons. The second-order valence-electron chi connectivity index (χ2n) is 5.55. The quantitative estimate of drug-likeness (QED) is 0.832. The van der Waals surface area contributed by atoms with Gasteiger partial charge >= 0.3 is 6.18 Å². The molecule has 0 amide bonds. The summed E-state index contributed by atoms with van der Waals surface area (Å²) in [6.45, 7) is 5.10. The zero-order valence-electron chi connectivity index (χ0n) is 11.8. The van der Waals surface area contributed by atoms with Crippen LogP contribution in [0.5, 0.6) is 0 Å². The number of nitrogens with one attached hydrogen (secondary N) is 1. The molecule has 0 aromatic rings. The zero-order chi connectivity index (χ0) is 14.4. The zero-order valence-corrected chi connectivity index (χ0v) is 12.6. The van der Waals surface area contributed by atoms with Crippen molar-refractivity contribution < 1.29 is 13.2 Å². The lowest BCUT2D eigenvalue weighted by Gasteiger charge is -2.35. The molecule has 0 unspecified atom stereocenters. The molecule has 0 spiro atoms. The molecule has 3 nitrogen and oxygen atoms in total.